The molecule has 1 aliphatic heterocycles. The molecule has 0 saturated heterocycles. The highest BCUT2D eigenvalue weighted by atomic mass is 16.3. The summed E-state index contributed by atoms with van der Waals surface area (Å²) in [5, 5.41) is 13.8. The fourth-order valence-electron chi connectivity index (χ4n) is 2.50. The lowest BCUT2D eigenvalue weighted by Crippen LogP contribution is -2.36. The number of aromatic nitrogens is 2. The first-order valence-corrected chi connectivity index (χ1v) is 6.23. The van der Waals surface area contributed by atoms with Gasteiger partial charge in [0.05, 0.1) is 24.8 Å². The predicted molar refractivity (Wildman–Crippen MR) is 65.7 cm³/mol. The zero-order valence-corrected chi connectivity index (χ0v) is 10.2. The number of aliphatic hydroxyl groups is 1. The van der Waals surface area contributed by atoms with Gasteiger partial charge >= 0.3 is 0 Å². The van der Waals surface area contributed by atoms with Crippen molar-refractivity contribution in [3.05, 3.63) is 42.1 Å². The van der Waals surface area contributed by atoms with Gasteiger partial charge in [-0.25, -0.2) is 0 Å². The summed E-state index contributed by atoms with van der Waals surface area (Å²) in [6.45, 7) is 2.67. The van der Waals surface area contributed by atoms with Gasteiger partial charge in [-0.05, 0) is 18.6 Å². The second kappa shape index (κ2) is 4.96. The second-order valence-electron chi connectivity index (χ2n) is 4.71. The first-order valence-electron chi connectivity index (χ1n) is 6.23. The largest absolute Gasteiger partial charge is 0.472 e. The minimum Gasteiger partial charge on any atom is -0.472 e. The van der Waals surface area contributed by atoms with E-state index in [2.05, 4.69) is 10.00 Å². The predicted octanol–water partition coefficient (Wildman–Crippen LogP) is 1.24. The summed E-state index contributed by atoms with van der Waals surface area (Å²) in [7, 11) is 0. The Morgan fingerprint density at radius 2 is 2.39 bits per heavy atom. The van der Waals surface area contributed by atoms with E-state index >= 15 is 0 Å². The third-order valence-electron chi connectivity index (χ3n) is 3.54. The third-order valence-corrected chi connectivity index (χ3v) is 3.54. The molecule has 3 rings (SSSR count). The van der Waals surface area contributed by atoms with Crippen LogP contribution in [0.4, 0.5) is 0 Å². The molecule has 5 nitrogen and oxygen atoms in total. The smallest absolute Gasteiger partial charge is 0.0947 e. The molecule has 0 unspecified atom stereocenters. The first-order chi connectivity index (χ1) is 8.86. The molecular weight excluding hydrogens is 230 g/mol. The zero-order chi connectivity index (χ0) is 12.4. The van der Waals surface area contributed by atoms with Gasteiger partial charge in [0.2, 0.25) is 0 Å². The number of hydrogen-bond acceptors (Lipinski definition) is 4. The maximum atomic E-state index is 9.54. The van der Waals surface area contributed by atoms with E-state index in [1.807, 2.05) is 23.0 Å². The van der Waals surface area contributed by atoms with Crippen molar-refractivity contribution in [1.29, 1.82) is 0 Å². The number of rotatable bonds is 3. The van der Waals surface area contributed by atoms with E-state index in [1.165, 1.54) is 5.69 Å². The summed E-state index contributed by atoms with van der Waals surface area (Å²) in [4.78, 5) is 2.28. The molecule has 0 spiro atoms. The van der Waals surface area contributed by atoms with Gasteiger partial charge < -0.3 is 9.52 Å². The Hall–Kier alpha value is -1.59. The number of furan rings is 1. The van der Waals surface area contributed by atoms with Crippen molar-refractivity contribution < 1.29 is 9.52 Å². The molecule has 0 radical (unpaired) electrons. The topological polar surface area (TPSA) is 54.4 Å². The molecule has 0 fully saturated rings. The Balaban J connectivity index is 1.80. The quantitative estimate of drug-likeness (QED) is 0.886. The number of fused-ring (bicyclic) bond motifs is 1. The van der Waals surface area contributed by atoms with E-state index in [0.717, 1.165) is 31.6 Å². The van der Waals surface area contributed by atoms with Crippen molar-refractivity contribution >= 4 is 0 Å². The summed E-state index contributed by atoms with van der Waals surface area (Å²) in [6.07, 6.45) is 6.20. The molecule has 2 aromatic heterocycles. The Bertz CT molecular complexity index is 492. The van der Waals surface area contributed by atoms with Gasteiger partial charge in [0, 0.05) is 37.4 Å². The summed E-state index contributed by atoms with van der Waals surface area (Å²) >= 11 is 0. The summed E-state index contributed by atoms with van der Waals surface area (Å²) in [5.74, 6) is 0. The Morgan fingerprint density at radius 3 is 3.17 bits per heavy atom. The van der Waals surface area contributed by atoms with Gasteiger partial charge in [-0.3, -0.25) is 9.58 Å². The molecule has 1 atom stereocenters. The maximum absolute atomic E-state index is 9.54. The molecule has 0 aliphatic carbocycles. The van der Waals surface area contributed by atoms with Crippen molar-refractivity contribution in [2.45, 2.75) is 32.1 Å². The van der Waals surface area contributed by atoms with Gasteiger partial charge in [0.15, 0.2) is 0 Å². The van der Waals surface area contributed by atoms with Crippen LogP contribution in [0.25, 0.3) is 0 Å². The van der Waals surface area contributed by atoms with E-state index in [0.29, 0.717) is 0 Å². The lowest BCUT2D eigenvalue weighted by atomic mass is 10.1. The van der Waals surface area contributed by atoms with E-state index in [-0.39, 0.29) is 12.6 Å². The van der Waals surface area contributed by atoms with Crippen molar-refractivity contribution in [3.8, 4) is 0 Å². The zero-order valence-electron chi connectivity index (χ0n) is 10.2. The van der Waals surface area contributed by atoms with Gasteiger partial charge in [-0.15, -0.1) is 0 Å². The second-order valence-corrected chi connectivity index (χ2v) is 4.71. The summed E-state index contributed by atoms with van der Waals surface area (Å²) < 4.78 is 7.13. The molecular formula is C13H17N3O2. The number of aryl methyl sites for hydroxylation is 1. The molecule has 1 aliphatic rings. The minimum atomic E-state index is 0.182. The van der Waals surface area contributed by atoms with Gasteiger partial charge in [-0.1, -0.05) is 0 Å². The standard InChI is InChI=1S/C13H17N3O2/c17-9-13-2-5-16-12(1-4-14-16)8-15(13)7-11-3-6-18-10-11/h1,3-4,6,10,13,17H,2,5,7-9H2/t13-/m0/s1. The minimum absolute atomic E-state index is 0.182. The van der Waals surface area contributed by atoms with Gasteiger partial charge in [0.25, 0.3) is 0 Å². The Kier molecular flexibility index (Phi) is 3.17. The van der Waals surface area contributed by atoms with Crippen LogP contribution in [0.15, 0.2) is 35.3 Å². The van der Waals surface area contributed by atoms with Crippen molar-refractivity contribution in [2.24, 2.45) is 0 Å². The number of aliphatic hydroxyl groups excluding tert-OH is 1. The van der Waals surface area contributed by atoms with E-state index in [9.17, 15) is 5.11 Å². The Morgan fingerprint density at radius 1 is 1.44 bits per heavy atom. The number of nitrogens with zero attached hydrogens (tertiary/aromatic N) is 3. The molecule has 0 bridgehead atoms. The van der Waals surface area contributed by atoms with E-state index in [4.69, 9.17) is 4.42 Å². The molecule has 2 aromatic rings. The maximum Gasteiger partial charge on any atom is 0.0947 e. The van der Waals surface area contributed by atoms with Crippen LogP contribution in [-0.4, -0.2) is 32.4 Å². The van der Waals surface area contributed by atoms with Gasteiger partial charge in [-0.2, -0.15) is 5.10 Å². The van der Waals surface area contributed by atoms with Gasteiger partial charge in [0.1, 0.15) is 0 Å². The summed E-state index contributed by atoms with van der Waals surface area (Å²) in [5.41, 5.74) is 2.34. The lowest BCUT2D eigenvalue weighted by molar-refractivity contribution is 0.107. The molecule has 1 N–H and O–H groups in total. The van der Waals surface area contributed by atoms with Crippen molar-refractivity contribution in [2.75, 3.05) is 6.61 Å². The normalized spacial score (nSPS) is 20.6. The number of hydrogen-bond donors (Lipinski definition) is 1. The van der Waals surface area contributed by atoms with Crippen molar-refractivity contribution in [1.82, 2.24) is 14.7 Å². The Labute approximate surface area is 106 Å². The van der Waals surface area contributed by atoms with Crippen LogP contribution in [0.1, 0.15) is 17.7 Å². The monoisotopic (exact) mass is 247 g/mol. The highest BCUT2D eigenvalue weighted by Gasteiger charge is 2.23. The average molecular weight is 247 g/mol. The SMILES string of the molecule is OC[C@@H]1CCn2nccc2CN1Cc1ccoc1. The van der Waals surface area contributed by atoms with Crippen molar-refractivity contribution in [3.63, 3.8) is 0 Å². The first kappa shape index (κ1) is 11.5. The molecule has 0 saturated carbocycles. The fourth-order valence-corrected chi connectivity index (χ4v) is 2.50. The average Bonchev–Trinajstić information content (AvgIpc) is 3.00. The molecule has 0 amide bonds. The lowest BCUT2D eigenvalue weighted by Gasteiger charge is -2.27. The summed E-state index contributed by atoms with van der Waals surface area (Å²) in [6, 6.07) is 4.19. The van der Waals surface area contributed by atoms with Crippen LogP contribution in [0.5, 0.6) is 0 Å². The highest BCUT2D eigenvalue weighted by molar-refractivity contribution is 5.08. The van der Waals surface area contributed by atoms with Crippen LogP contribution in [0, 0.1) is 0 Å². The van der Waals surface area contributed by atoms with Crippen LogP contribution < -0.4 is 0 Å². The highest BCUT2D eigenvalue weighted by Crippen LogP contribution is 2.19. The van der Waals surface area contributed by atoms with Crippen LogP contribution in [-0.2, 0) is 19.6 Å². The van der Waals surface area contributed by atoms with Crippen LogP contribution in [0.3, 0.4) is 0 Å². The molecule has 0 aromatic carbocycles. The van der Waals surface area contributed by atoms with Crippen LogP contribution >= 0.6 is 0 Å². The third kappa shape index (κ3) is 2.19. The molecule has 18 heavy (non-hydrogen) atoms. The van der Waals surface area contributed by atoms with E-state index < -0.39 is 0 Å². The van der Waals surface area contributed by atoms with Crippen LogP contribution in [0.2, 0.25) is 0 Å². The molecule has 96 valence electrons. The molecule has 5 heteroatoms. The fraction of sp³-hybridized carbons (Fsp3) is 0.462. The van der Waals surface area contributed by atoms with E-state index in [1.54, 1.807) is 12.5 Å². The molecule has 3 heterocycles.